The Morgan fingerprint density at radius 2 is 2.00 bits per heavy atom. The molecule has 1 unspecified atom stereocenters. The van der Waals surface area contributed by atoms with Crippen LogP contribution in [0.15, 0.2) is 22.7 Å². The predicted molar refractivity (Wildman–Crippen MR) is 86.2 cm³/mol. The van der Waals surface area contributed by atoms with Gasteiger partial charge in [0.25, 0.3) is 0 Å². The maximum Gasteiger partial charge on any atom is 0.119 e. The van der Waals surface area contributed by atoms with Crippen molar-refractivity contribution in [2.45, 2.75) is 25.9 Å². The Bertz CT molecular complexity index is 413. The summed E-state index contributed by atoms with van der Waals surface area (Å²) in [5.74, 6) is 0.845. The van der Waals surface area contributed by atoms with Crippen molar-refractivity contribution in [2.24, 2.45) is 5.73 Å². The maximum atomic E-state index is 6.03. The molecule has 0 bridgehead atoms. The van der Waals surface area contributed by atoms with Crippen molar-refractivity contribution in [1.29, 1.82) is 0 Å². The number of methoxy groups -OCH3 is 2. The summed E-state index contributed by atoms with van der Waals surface area (Å²) in [5.41, 5.74) is 7.18. The summed E-state index contributed by atoms with van der Waals surface area (Å²) in [5, 5.41) is 0. The minimum atomic E-state index is 0.134. The zero-order valence-corrected chi connectivity index (χ0v) is 14.3. The average Bonchev–Trinajstić information content (AvgIpc) is 2.44. The van der Waals surface area contributed by atoms with Crippen LogP contribution >= 0.6 is 15.9 Å². The second kappa shape index (κ2) is 8.62. The van der Waals surface area contributed by atoms with E-state index in [9.17, 15) is 0 Å². The molecular formula is C15H25BrN2O2. The minimum absolute atomic E-state index is 0.134. The van der Waals surface area contributed by atoms with Crippen LogP contribution < -0.4 is 10.5 Å². The van der Waals surface area contributed by atoms with E-state index in [0.717, 1.165) is 22.3 Å². The van der Waals surface area contributed by atoms with Gasteiger partial charge in [0.15, 0.2) is 0 Å². The smallest absolute Gasteiger partial charge is 0.119 e. The molecule has 0 aliphatic heterocycles. The number of halogens is 1. The van der Waals surface area contributed by atoms with Crippen molar-refractivity contribution in [3.63, 3.8) is 0 Å². The Hall–Kier alpha value is -0.620. The molecule has 0 aromatic heterocycles. The quantitative estimate of drug-likeness (QED) is 0.787. The van der Waals surface area contributed by atoms with E-state index in [0.29, 0.717) is 19.2 Å². The van der Waals surface area contributed by atoms with E-state index in [1.165, 1.54) is 0 Å². The van der Waals surface area contributed by atoms with Gasteiger partial charge in [-0.1, -0.05) is 15.9 Å². The fourth-order valence-electron chi connectivity index (χ4n) is 2.32. The van der Waals surface area contributed by atoms with Crippen molar-refractivity contribution in [3.8, 4) is 5.75 Å². The molecule has 0 heterocycles. The summed E-state index contributed by atoms with van der Waals surface area (Å²) < 4.78 is 11.6. The number of benzene rings is 1. The molecule has 0 saturated heterocycles. The second-order valence-corrected chi connectivity index (χ2v) is 5.82. The Labute approximate surface area is 130 Å². The van der Waals surface area contributed by atoms with Gasteiger partial charge in [0.2, 0.25) is 0 Å². The van der Waals surface area contributed by atoms with E-state index in [1.807, 2.05) is 18.2 Å². The Morgan fingerprint density at radius 3 is 2.50 bits per heavy atom. The van der Waals surface area contributed by atoms with Gasteiger partial charge in [0.05, 0.1) is 13.7 Å². The first-order valence-corrected chi connectivity index (χ1v) is 7.62. The van der Waals surface area contributed by atoms with Crippen LogP contribution in [0.2, 0.25) is 0 Å². The third-order valence-corrected chi connectivity index (χ3v) is 4.12. The first-order valence-electron chi connectivity index (χ1n) is 6.83. The van der Waals surface area contributed by atoms with Crippen LogP contribution in [0, 0.1) is 0 Å². The lowest BCUT2D eigenvalue weighted by Crippen LogP contribution is -2.40. The van der Waals surface area contributed by atoms with Gasteiger partial charge < -0.3 is 15.2 Å². The number of nitrogens with two attached hydrogens (primary N) is 1. The van der Waals surface area contributed by atoms with Gasteiger partial charge in [-0.2, -0.15) is 0 Å². The molecule has 114 valence electrons. The summed E-state index contributed by atoms with van der Waals surface area (Å²) in [7, 11) is 3.40. The molecule has 0 spiro atoms. The van der Waals surface area contributed by atoms with Gasteiger partial charge in [0, 0.05) is 36.8 Å². The Balaban J connectivity index is 3.08. The van der Waals surface area contributed by atoms with E-state index in [4.69, 9.17) is 15.2 Å². The third-order valence-electron chi connectivity index (χ3n) is 3.40. The van der Waals surface area contributed by atoms with Crippen LogP contribution in [0.4, 0.5) is 0 Å². The van der Waals surface area contributed by atoms with E-state index < -0.39 is 0 Å². The zero-order valence-electron chi connectivity index (χ0n) is 12.7. The van der Waals surface area contributed by atoms with Crippen molar-refractivity contribution >= 4 is 15.9 Å². The minimum Gasteiger partial charge on any atom is -0.497 e. The molecule has 0 aliphatic rings. The average molecular weight is 345 g/mol. The Morgan fingerprint density at radius 1 is 1.30 bits per heavy atom. The molecular weight excluding hydrogens is 320 g/mol. The molecule has 4 nitrogen and oxygen atoms in total. The molecule has 0 aliphatic carbocycles. The fourth-order valence-corrected chi connectivity index (χ4v) is 2.83. The van der Waals surface area contributed by atoms with Crippen molar-refractivity contribution in [2.75, 3.05) is 33.9 Å². The molecule has 1 aromatic rings. The lowest BCUT2D eigenvalue weighted by molar-refractivity contribution is 0.0976. The lowest BCUT2D eigenvalue weighted by Gasteiger charge is -2.35. The summed E-state index contributed by atoms with van der Waals surface area (Å²) >= 11 is 3.62. The largest absolute Gasteiger partial charge is 0.497 e. The van der Waals surface area contributed by atoms with Gasteiger partial charge >= 0.3 is 0 Å². The van der Waals surface area contributed by atoms with E-state index in [2.05, 4.69) is 34.7 Å². The highest BCUT2D eigenvalue weighted by molar-refractivity contribution is 9.10. The number of hydrogen-bond acceptors (Lipinski definition) is 4. The van der Waals surface area contributed by atoms with Gasteiger partial charge in [-0.05, 0) is 37.6 Å². The SMILES string of the molecule is COCCN(C(C)C)C(CN)c1cc(OC)ccc1Br. The molecule has 0 saturated carbocycles. The van der Waals surface area contributed by atoms with Crippen LogP contribution in [-0.4, -0.2) is 44.9 Å². The van der Waals surface area contributed by atoms with Crippen molar-refractivity contribution in [3.05, 3.63) is 28.2 Å². The monoisotopic (exact) mass is 344 g/mol. The van der Waals surface area contributed by atoms with Crippen LogP contribution in [0.5, 0.6) is 5.75 Å². The number of hydrogen-bond donors (Lipinski definition) is 1. The number of rotatable bonds is 8. The molecule has 0 amide bonds. The second-order valence-electron chi connectivity index (χ2n) is 4.96. The van der Waals surface area contributed by atoms with E-state index >= 15 is 0 Å². The highest BCUT2D eigenvalue weighted by atomic mass is 79.9. The van der Waals surface area contributed by atoms with E-state index in [-0.39, 0.29) is 6.04 Å². The van der Waals surface area contributed by atoms with Crippen LogP contribution in [0.1, 0.15) is 25.5 Å². The molecule has 20 heavy (non-hydrogen) atoms. The normalized spacial score (nSPS) is 13.0. The summed E-state index contributed by atoms with van der Waals surface area (Å²) in [6, 6.07) is 6.51. The lowest BCUT2D eigenvalue weighted by atomic mass is 10.0. The molecule has 0 fully saturated rings. The first-order chi connectivity index (χ1) is 9.54. The highest BCUT2D eigenvalue weighted by Gasteiger charge is 2.23. The number of nitrogens with zero attached hydrogens (tertiary/aromatic N) is 1. The molecule has 2 N–H and O–H groups in total. The predicted octanol–water partition coefficient (Wildman–Crippen LogP) is 2.81. The molecule has 1 aromatic carbocycles. The topological polar surface area (TPSA) is 47.7 Å². The third kappa shape index (κ3) is 4.45. The van der Waals surface area contributed by atoms with Crippen LogP contribution in [-0.2, 0) is 4.74 Å². The molecule has 1 rings (SSSR count). The van der Waals surface area contributed by atoms with Gasteiger partial charge in [0.1, 0.15) is 5.75 Å². The number of ether oxygens (including phenoxy) is 2. The maximum absolute atomic E-state index is 6.03. The first kappa shape index (κ1) is 17.4. The Kier molecular flexibility index (Phi) is 7.51. The highest BCUT2D eigenvalue weighted by Crippen LogP contribution is 2.31. The summed E-state index contributed by atoms with van der Waals surface area (Å²) in [6.45, 7) is 6.43. The molecule has 5 heteroatoms. The van der Waals surface area contributed by atoms with Crippen molar-refractivity contribution < 1.29 is 9.47 Å². The fraction of sp³-hybridized carbons (Fsp3) is 0.600. The summed E-state index contributed by atoms with van der Waals surface area (Å²) in [4.78, 5) is 2.35. The van der Waals surface area contributed by atoms with Gasteiger partial charge in [-0.3, -0.25) is 4.90 Å². The van der Waals surface area contributed by atoms with Crippen LogP contribution in [0.25, 0.3) is 0 Å². The van der Waals surface area contributed by atoms with Crippen molar-refractivity contribution in [1.82, 2.24) is 4.90 Å². The van der Waals surface area contributed by atoms with E-state index in [1.54, 1.807) is 14.2 Å². The van der Waals surface area contributed by atoms with Gasteiger partial charge in [-0.25, -0.2) is 0 Å². The van der Waals surface area contributed by atoms with Crippen LogP contribution in [0.3, 0.4) is 0 Å². The molecule has 1 atom stereocenters. The van der Waals surface area contributed by atoms with Gasteiger partial charge in [-0.15, -0.1) is 0 Å². The summed E-state index contributed by atoms with van der Waals surface area (Å²) in [6.07, 6.45) is 0. The zero-order chi connectivity index (χ0) is 15.1. The standard InChI is InChI=1S/C15H25BrN2O2/c1-11(2)18(7-8-19-3)15(10-17)13-9-12(20-4)5-6-14(13)16/h5-6,9,11,15H,7-8,10,17H2,1-4H3. The molecule has 0 radical (unpaired) electrons.